The lowest BCUT2D eigenvalue weighted by Crippen LogP contribution is -2.32. The Morgan fingerprint density at radius 3 is 1.56 bits per heavy atom. The van der Waals surface area contributed by atoms with Crippen LogP contribution in [0.1, 0.15) is 39.5 Å². The highest BCUT2D eigenvalue weighted by Gasteiger charge is 2.42. The average Bonchev–Trinajstić information content (AvgIpc) is 3.37. The summed E-state index contributed by atoms with van der Waals surface area (Å²) < 4.78 is 11.2. The number of rotatable bonds is 6. The Morgan fingerprint density at radius 1 is 0.800 bits per heavy atom. The fourth-order valence-electron chi connectivity index (χ4n) is 4.89. The zero-order valence-electron chi connectivity index (χ0n) is 15.1. The molecule has 4 aliphatic carbocycles. The van der Waals surface area contributed by atoms with Crippen molar-refractivity contribution >= 4 is 11.9 Å². The molecule has 6 unspecified atom stereocenters. The summed E-state index contributed by atoms with van der Waals surface area (Å²) in [5.74, 6) is 1.72. The first-order chi connectivity index (χ1) is 11.9. The van der Waals surface area contributed by atoms with Crippen LogP contribution < -0.4 is 0 Å². The molecule has 2 fully saturated rings. The molecule has 25 heavy (non-hydrogen) atoms. The van der Waals surface area contributed by atoms with Gasteiger partial charge in [-0.15, -0.1) is 0 Å². The van der Waals surface area contributed by atoms with Gasteiger partial charge in [-0.25, -0.2) is 0 Å². The molecule has 0 amide bonds. The molecule has 136 valence electrons. The Hall–Kier alpha value is -1.58. The number of allylic oxidation sites excluding steroid dienone is 4. The van der Waals surface area contributed by atoms with Crippen molar-refractivity contribution in [3.05, 3.63) is 24.3 Å². The maximum Gasteiger partial charge on any atom is 0.309 e. The minimum Gasteiger partial charge on any atom is -0.465 e. The van der Waals surface area contributed by atoms with Crippen LogP contribution in [-0.4, -0.2) is 25.2 Å². The third-order valence-corrected chi connectivity index (χ3v) is 6.37. The van der Waals surface area contributed by atoms with Crippen LogP contribution in [0.25, 0.3) is 0 Å². The summed E-state index contributed by atoms with van der Waals surface area (Å²) >= 11 is 0. The Morgan fingerprint density at radius 2 is 1.24 bits per heavy atom. The van der Waals surface area contributed by atoms with E-state index in [1.807, 2.05) is 13.8 Å². The van der Waals surface area contributed by atoms with E-state index in [9.17, 15) is 9.59 Å². The van der Waals surface area contributed by atoms with Gasteiger partial charge < -0.3 is 9.47 Å². The minimum absolute atomic E-state index is 0.0224. The van der Waals surface area contributed by atoms with E-state index in [1.165, 1.54) is 0 Å². The largest absolute Gasteiger partial charge is 0.465 e. The van der Waals surface area contributed by atoms with Gasteiger partial charge in [0.15, 0.2) is 0 Å². The van der Waals surface area contributed by atoms with Gasteiger partial charge in [-0.05, 0) is 49.4 Å². The molecule has 0 aromatic rings. The van der Waals surface area contributed by atoms with Crippen LogP contribution in [0.5, 0.6) is 0 Å². The number of carbonyl (C=O) groups is 2. The van der Waals surface area contributed by atoms with Crippen molar-refractivity contribution in [1.82, 2.24) is 0 Å². The SMILES string of the molecule is CC(C)(COC(=O)C1CC2C=CC1C2)COC(=O)C1CC2C=CC1C2. The first-order valence-electron chi connectivity index (χ1n) is 9.61. The average molecular weight is 344 g/mol. The van der Waals surface area contributed by atoms with Crippen molar-refractivity contribution < 1.29 is 19.1 Å². The van der Waals surface area contributed by atoms with Crippen molar-refractivity contribution in [3.63, 3.8) is 0 Å². The van der Waals surface area contributed by atoms with Crippen LogP contribution in [0.4, 0.5) is 0 Å². The lowest BCUT2D eigenvalue weighted by molar-refractivity contribution is -0.158. The maximum absolute atomic E-state index is 12.3. The molecule has 4 aliphatic rings. The molecule has 0 saturated heterocycles. The van der Waals surface area contributed by atoms with Gasteiger partial charge >= 0.3 is 11.9 Å². The summed E-state index contributed by atoms with van der Waals surface area (Å²) in [6.45, 7) is 4.56. The molecule has 6 atom stereocenters. The third kappa shape index (κ3) is 3.40. The number of esters is 2. The zero-order valence-corrected chi connectivity index (χ0v) is 15.1. The van der Waals surface area contributed by atoms with Crippen LogP contribution in [0, 0.1) is 40.9 Å². The highest BCUT2D eigenvalue weighted by molar-refractivity contribution is 5.74. The van der Waals surface area contributed by atoms with Gasteiger partial charge in [0.2, 0.25) is 0 Å². The summed E-state index contributed by atoms with van der Waals surface area (Å²) in [5, 5.41) is 0. The molecule has 2 saturated carbocycles. The monoisotopic (exact) mass is 344 g/mol. The van der Waals surface area contributed by atoms with Gasteiger partial charge in [0.25, 0.3) is 0 Å². The second-order valence-corrected chi connectivity index (χ2v) is 9.15. The van der Waals surface area contributed by atoms with E-state index in [0.717, 1.165) is 25.7 Å². The summed E-state index contributed by atoms with van der Waals surface area (Å²) in [5.41, 5.74) is -0.355. The van der Waals surface area contributed by atoms with Crippen LogP contribution in [0.15, 0.2) is 24.3 Å². The standard InChI is InChI=1S/C21H28O4/c1-21(2,11-24-19(22)17-9-13-3-5-15(17)7-13)12-25-20(23)18-10-14-4-6-16(18)8-14/h3-6,13-18H,7-12H2,1-2H3. The quantitative estimate of drug-likeness (QED) is 0.546. The van der Waals surface area contributed by atoms with Crippen molar-refractivity contribution in [2.45, 2.75) is 39.5 Å². The lowest BCUT2D eigenvalue weighted by Gasteiger charge is -2.27. The van der Waals surface area contributed by atoms with E-state index < -0.39 is 0 Å². The molecule has 4 rings (SSSR count). The zero-order chi connectivity index (χ0) is 17.6. The number of ether oxygens (including phenoxy) is 2. The first kappa shape index (κ1) is 16.9. The Balaban J connectivity index is 1.22. The molecular weight excluding hydrogens is 316 g/mol. The second-order valence-electron chi connectivity index (χ2n) is 9.15. The highest BCUT2D eigenvalue weighted by atomic mass is 16.5. The first-order valence-corrected chi connectivity index (χ1v) is 9.61. The molecule has 0 radical (unpaired) electrons. The molecule has 0 aromatic carbocycles. The van der Waals surface area contributed by atoms with Gasteiger partial charge in [0, 0.05) is 5.41 Å². The molecule has 0 N–H and O–H groups in total. The van der Waals surface area contributed by atoms with Gasteiger partial charge in [-0.1, -0.05) is 38.2 Å². The van der Waals surface area contributed by atoms with E-state index >= 15 is 0 Å². The molecule has 0 heterocycles. The number of fused-ring (bicyclic) bond motifs is 4. The number of carbonyl (C=O) groups excluding carboxylic acids is 2. The van der Waals surface area contributed by atoms with E-state index in [2.05, 4.69) is 24.3 Å². The van der Waals surface area contributed by atoms with Crippen LogP contribution in [0.3, 0.4) is 0 Å². The van der Waals surface area contributed by atoms with Gasteiger partial charge in [0.05, 0.1) is 25.0 Å². The molecule has 0 aromatic heterocycles. The summed E-state index contributed by atoms with van der Waals surface area (Å²) in [6.07, 6.45) is 12.8. The van der Waals surface area contributed by atoms with Gasteiger partial charge in [-0.3, -0.25) is 9.59 Å². The molecular formula is C21H28O4. The van der Waals surface area contributed by atoms with E-state index in [-0.39, 0.29) is 29.2 Å². The normalized spacial score (nSPS) is 37.7. The molecule has 0 aliphatic heterocycles. The fourth-order valence-corrected chi connectivity index (χ4v) is 4.89. The predicted molar refractivity (Wildman–Crippen MR) is 93.4 cm³/mol. The van der Waals surface area contributed by atoms with Crippen LogP contribution in [-0.2, 0) is 19.1 Å². The number of hydrogen-bond donors (Lipinski definition) is 0. The smallest absolute Gasteiger partial charge is 0.309 e. The van der Waals surface area contributed by atoms with Crippen molar-refractivity contribution in [1.29, 1.82) is 0 Å². The minimum atomic E-state index is -0.355. The van der Waals surface area contributed by atoms with Crippen molar-refractivity contribution in [2.24, 2.45) is 40.9 Å². The Kier molecular flexibility index (Phi) is 4.25. The van der Waals surface area contributed by atoms with E-state index in [4.69, 9.17) is 9.47 Å². The maximum atomic E-state index is 12.3. The second kappa shape index (κ2) is 6.30. The third-order valence-electron chi connectivity index (χ3n) is 6.37. The Labute approximate surface area is 149 Å². The Bertz CT molecular complexity index is 565. The van der Waals surface area contributed by atoms with Gasteiger partial charge in [0.1, 0.15) is 0 Å². The van der Waals surface area contributed by atoms with Crippen molar-refractivity contribution in [2.75, 3.05) is 13.2 Å². The highest BCUT2D eigenvalue weighted by Crippen LogP contribution is 2.45. The summed E-state index contributed by atoms with van der Waals surface area (Å²) in [4.78, 5) is 24.7. The predicted octanol–water partition coefficient (Wildman–Crippen LogP) is 3.52. The fraction of sp³-hybridized carbons (Fsp3) is 0.714. The van der Waals surface area contributed by atoms with Crippen LogP contribution >= 0.6 is 0 Å². The van der Waals surface area contributed by atoms with Gasteiger partial charge in [-0.2, -0.15) is 0 Å². The van der Waals surface area contributed by atoms with E-state index in [1.54, 1.807) is 0 Å². The topological polar surface area (TPSA) is 52.6 Å². The molecule has 4 heteroatoms. The lowest BCUT2D eigenvalue weighted by atomic mass is 9.92. The van der Waals surface area contributed by atoms with Crippen LogP contribution in [0.2, 0.25) is 0 Å². The number of hydrogen-bond acceptors (Lipinski definition) is 4. The van der Waals surface area contributed by atoms with Crippen molar-refractivity contribution in [3.8, 4) is 0 Å². The molecule has 4 nitrogen and oxygen atoms in total. The van der Waals surface area contributed by atoms with E-state index in [0.29, 0.717) is 36.9 Å². The summed E-state index contributed by atoms with van der Waals surface area (Å²) in [7, 11) is 0. The molecule has 4 bridgehead atoms. The molecule has 0 spiro atoms. The summed E-state index contributed by atoms with van der Waals surface area (Å²) in [6, 6.07) is 0.